The van der Waals surface area contributed by atoms with Crippen molar-refractivity contribution in [3.05, 3.63) is 35.9 Å². The summed E-state index contributed by atoms with van der Waals surface area (Å²) in [6.45, 7) is 4.40. The Labute approximate surface area is 96.5 Å². The fraction of sp³-hybridized carbons (Fsp3) is 0.462. The molecule has 0 fully saturated rings. The van der Waals surface area contributed by atoms with E-state index in [1.165, 1.54) is 12.5 Å². The lowest BCUT2D eigenvalue weighted by atomic mass is 9.99. The largest absolute Gasteiger partial charge is 0.393 e. The molecular weight excluding hydrogens is 202 g/mol. The molecule has 2 atom stereocenters. The minimum atomic E-state index is -0.597. The Morgan fingerprint density at radius 2 is 2.00 bits per heavy atom. The zero-order valence-electron chi connectivity index (χ0n) is 9.81. The second-order valence-electron chi connectivity index (χ2n) is 4.07. The van der Waals surface area contributed by atoms with E-state index < -0.39 is 6.10 Å². The molecule has 0 saturated carbocycles. The summed E-state index contributed by atoms with van der Waals surface area (Å²) in [5.41, 5.74) is 1.18. The topological polar surface area (TPSA) is 49.3 Å². The van der Waals surface area contributed by atoms with Crippen LogP contribution in [0, 0.1) is 5.92 Å². The molecule has 0 aliphatic heterocycles. The van der Waals surface area contributed by atoms with Crippen LogP contribution in [0.5, 0.6) is 0 Å². The number of aliphatic hydroxyl groups is 1. The summed E-state index contributed by atoms with van der Waals surface area (Å²) in [6.07, 6.45) is -0.597. The highest BCUT2D eigenvalue weighted by Crippen LogP contribution is 2.04. The molecule has 3 nitrogen and oxygen atoms in total. The number of hydrogen-bond donors (Lipinski definition) is 2. The average Bonchev–Trinajstić information content (AvgIpc) is 2.24. The van der Waals surface area contributed by atoms with Gasteiger partial charge in [-0.15, -0.1) is 0 Å². The van der Waals surface area contributed by atoms with Crippen LogP contribution in [0.25, 0.3) is 0 Å². The summed E-state index contributed by atoms with van der Waals surface area (Å²) in [5, 5.41) is 12.6. The Bertz CT molecular complexity index is 322. The Morgan fingerprint density at radius 1 is 1.38 bits per heavy atom. The highest BCUT2D eigenvalue weighted by molar-refractivity contribution is 5.79. The third-order valence-corrected chi connectivity index (χ3v) is 2.64. The van der Waals surface area contributed by atoms with E-state index in [0.717, 1.165) is 6.54 Å². The first-order chi connectivity index (χ1) is 7.61. The smallest absolute Gasteiger partial charge is 0.136 e. The molecule has 88 valence electrons. The summed E-state index contributed by atoms with van der Waals surface area (Å²) in [7, 11) is 0. The van der Waals surface area contributed by atoms with E-state index in [1.54, 1.807) is 6.92 Å². The second kappa shape index (κ2) is 6.40. The molecular formula is C13H19NO2. The summed E-state index contributed by atoms with van der Waals surface area (Å²) in [4.78, 5) is 11.2. The molecule has 0 radical (unpaired) electrons. The second-order valence-corrected chi connectivity index (χ2v) is 4.07. The number of carbonyl (C=O) groups is 1. The maximum atomic E-state index is 11.2. The fourth-order valence-electron chi connectivity index (χ4n) is 1.62. The lowest BCUT2D eigenvalue weighted by molar-refractivity contribution is -0.123. The highest BCUT2D eigenvalue weighted by Gasteiger charge is 2.18. The molecule has 0 bridgehead atoms. The zero-order chi connectivity index (χ0) is 12.0. The number of benzene rings is 1. The molecule has 0 amide bonds. The Balaban J connectivity index is 2.37. The van der Waals surface area contributed by atoms with Gasteiger partial charge in [-0.1, -0.05) is 30.3 Å². The molecule has 0 heterocycles. The van der Waals surface area contributed by atoms with Crippen molar-refractivity contribution in [1.82, 2.24) is 5.32 Å². The first-order valence-electron chi connectivity index (χ1n) is 5.54. The van der Waals surface area contributed by atoms with Gasteiger partial charge in [-0.3, -0.25) is 4.79 Å². The van der Waals surface area contributed by atoms with Crippen molar-refractivity contribution >= 4 is 5.78 Å². The lowest BCUT2D eigenvalue weighted by Crippen LogP contribution is -2.34. The van der Waals surface area contributed by atoms with Crippen molar-refractivity contribution in [3.8, 4) is 0 Å². The molecule has 0 aliphatic rings. The minimum absolute atomic E-state index is 0.0237. The van der Waals surface area contributed by atoms with Crippen LogP contribution in [-0.4, -0.2) is 23.5 Å². The van der Waals surface area contributed by atoms with Gasteiger partial charge < -0.3 is 10.4 Å². The third-order valence-electron chi connectivity index (χ3n) is 2.64. The summed E-state index contributed by atoms with van der Waals surface area (Å²) < 4.78 is 0. The highest BCUT2D eigenvalue weighted by atomic mass is 16.3. The molecule has 2 unspecified atom stereocenters. The molecule has 0 aliphatic carbocycles. The molecule has 1 aromatic carbocycles. The maximum Gasteiger partial charge on any atom is 0.136 e. The van der Waals surface area contributed by atoms with Gasteiger partial charge in [-0.25, -0.2) is 0 Å². The number of rotatable bonds is 6. The van der Waals surface area contributed by atoms with Gasteiger partial charge in [-0.05, 0) is 19.4 Å². The summed E-state index contributed by atoms with van der Waals surface area (Å²) in [6, 6.07) is 9.98. The number of aliphatic hydroxyl groups excluding tert-OH is 1. The molecule has 2 N–H and O–H groups in total. The number of carbonyl (C=O) groups excluding carboxylic acids is 1. The van der Waals surface area contributed by atoms with E-state index >= 15 is 0 Å². The van der Waals surface area contributed by atoms with Crippen molar-refractivity contribution in [2.45, 2.75) is 26.5 Å². The van der Waals surface area contributed by atoms with Gasteiger partial charge in [0.15, 0.2) is 0 Å². The van der Waals surface area contributed by atoms with Crippen LogP contribution in [-0.2, 0) is 11.3 Å². The van der Waals surface area contributed by atoms with Crippen LogP contribution in [0.1, 0.15) is 19.4 Å². The standard InChI is InChI=1S/C13H19NO2/c1-10(15)13(11(2)16)9-14-8-12-6-4-3-5-7-12/h3-7,10,13-15H,8-9H2,1-2H3. The van der Waals surface area contributed by atoms with Crippen molar-refractivity contribution in [2.24, 2.45) is 5.92 Å². The van der Waals surface area contributed by atoms with E-state index in [1.807, 2.05) is 30.3 Å². The fourth-order valence-corrected chi connectivity index (χ4v) is 1.62. The van der Waals surface area contributed by atoms with E-state index in [4.69, 9.17) is 0 Å². The van der Waals surface area contributed by atoms with E-state index in [2.05, 4.69) is 5.32 Å². The summed E-state index contributed by atoms with van der Waals surface area (Å²) >= 11 is 0. The SMILES string of the molecule is CC(=O)C(CNCc1ccccc1)C(C)O. The predicted molar refractivity (Wildman–Crippen MR) is 64.0 cm³/mol. The molecule has 3 heteroatoms. The van der Waals surface area contributed by atoms with Gasteiger partial charge in [0.1, 0.15) is 5.78 Å². The third kappa shape index (κ3) is 4.13. The number of ketones is 1. The molecule has 0 aromatic heterocycles. The van der Waals surface area contributed by atoms with Crippen LogP contribution in [0.3, 0.4) is 0 Å². The average molecular weight is 221 g/mol. The Morgan fingerprint density at radius 3 is 2.50 bits per heavy atom. The first-order valence-corrected chi connectivity index (χ1v) is 5.54. The quantitative estimate of drug-likeness (QED) is 0.762. The van der Waals surface area contributed by atoms with Crippen LogP contribution in [0.4, 0.5) is 0 Å². The van der Waals surface area contributed by atoms with Crippen molar-refractivity contribution < 1.29 is 9.90 Å². The van der Waals surface area contributed by atoms with Gasteiger partial charge in [0, 0.05) is 13.1 Å². The van der Waals surface area contributed by atoms with E-state index in [-0.39, 0.29) is 11.7 Å². The summed E-state index contributed by atoms with van der Waals surface area (Å²) in [5.74, 6) is -0.292. The first kappa shape index (κ1) is 12.9. The maximum absolute atomic E-state index is 11.2. The van der Waals surface area contributed by atoms with E-state index in [9.17, 15) is 9.90 Å². The van der Waals surface area contributed by atoms with Gasteiger partial charge in [0.2, 0.25) is 0 Å². The number of Topliss-reactive ketones (excluding diaryl/α,β-unsaturated/α-hetero) is 1. The zero-order valence-corrected chi connectivity index (χ0v) is 9.81. The monoisotopic (exact) mass is 221 g/mol. The van der Waals surface area contributed by atoms with Crippen LogP contribution in [0.2, 0.25) is 0 Å². The van der Waals surface area contributed by atoms with Crippen LogP contribution >= 0.6 is 0 Å². The van der Waals surface area contributed by atoms with Crippen molar-refractivity contribution in [1.29, 1.82) is 0 Å². The van der Waals surface area contributed by atoms with Crippen LogP contribution < -0.4 is 5.32 Å². The predicted octanol–water partition coefficient (Wildman–Crippen LogP) is 1.36. The molecule has 0 spiro atoms. The van der Waals surface area contributed by atoms with Gasteiger partial charge >= 0.3 is 0 Å². The van der Waals surface area contributed by atoms with Gasteiger partial charge in [-0.2, -0.15) is 0 Å². The number of hydrogen-bond acceptors (Lipinski definition) is 3. The molecule has 1 rings (SSSR count). The Hall–Kier alpha value is -1.19. The molecule has 1 aromatic rings. The van der Waals surface area contributed by atoms with Gasteiger partial charge in [0.25, 0.3) is 0 Å². The van der Waals surface area contributed by atoms with Gasteiger partial charge in [0.05, 0.1) is 12.0 Å². The van der Waals surface area contributed by atoms with Crippen LogP contribution in [0.15, 0.2) is 30.3 Å². The molecule has 16 heavy (non-hydrogen) atoms. The Kier molecular flexibility index (Phi) is 5.15. The molecule has 0 saturated heterocycles. The lowest BCUT2D eigenvalue weighted by Gasteiger charge is -2.17. The van der Waals surface area contributed by atoms with E-state index in [0.29, 0.717) is 6.54 Å². The minimum Gasteiger partial charge on any atom is -0.393 e. The normalized spacial score (nSPS) is 14.4. The number of nitrogens with one attached hydrogen (secondary N) is 1. The van der Waals surface area contributed by atoms with Crippen molar-refractivity contribution in [2.75, 3.05) is 6.54 Å². The van der Waals surface area contributed by atoms with Crippen molar-refractivity contribution in [3.63, 3.8) is 0 Å².